The third-order valence-corrected chi connectivity index (χ3v) is 5.08. The molecule has 3 rings (SSSR count). The van der Waals surface area contributed by atoms with Gasteiger partial charge in [-0.05, 0) is 44.1 Å². The Morgan fingerprint density at radius 1 is 1.10 bits per heavy atom. The fourth-order valence-electron chi connectivity index (χ4n) is 2.76. The molecule has 0 amide bonds. The van der Waals surface area contributed by atoms with Gasteiger partial charge in [0.25, 0.3) is 0 Å². The number of hydrogen-bond donors (Lipinski definition) is 2. The third-order valence-electron chi connectivity index (χ3n) is 3.95. The Labute approximate surface area is 123 Å². The Balaban J connectivity index is 1.76. The van der Waals surface area contributed by atoms with Gasteiger partial charge in [0.15, 0.2) is 11.6 Å². The number of nitrogens with two attached hydrogens (primary N) is 1. The second kappa shape index (κ2) is 5.87. The van der Waals surface area contributed by atoms with Gasteiger partial charge in [-0.2, -0.15) is 11.8 Å². The number of nitrogen functional groups attached to an aromatic ring is 1. The average molecular weight is 288 g/mol. The van der Waals surface area contributed by atoms with Crippen LogP contribution in [0.4, 0.5) is 11.6 Å². The lowest BCUT2D eigenvalue weighted by Crippen LogP contribution is -2.28. The first kappa shape index (κ1) is 13.5. The van der Waals surface area contributed by atoms with Gasteiger partial charge in [-0.1, -0.05) is 12.1 Å². The fourth-order valence-corrected chi connectivity index (χ4v) is 3.50. The van der Waals surface area contributed by atoms with Crippen LogP contribution in [0.15, 0.2) is 24.3 Å². The van der Waals surface area contributed by atoms with E-state index in [2.05, 4.69) is 21.5 Å². The summed E-state index contributed by atoms with van der Waals surface area (Å²) < 4.78 is 0. The van der Waals surface area contributed by atoms with E-state index in [0.29, 0.717) is 11.9 Å². The molecule has 1 aliphatic carbocycles. The molecule has 1 saturated carbocycles. The van der Waals surface area contributed by atoms with Gasteiger partial charge in [-0.3, -0.25) is 0 Å². The van der Waals surface area contributed by atoms with Crippen LogP contribution in [0.1, 0.15) is 25.7 Å². The van der Waals surface area contributed by atoms with Crippen LogP contribution in [-0.4, -0.2) is 27.5 Å². The molecule has 1 heterocycles. The highest BCUT2D eigenvalue weighted by Crippen LogP contribution is 2.29. The lowest BCUT2D eigenvalue weighted by Gasteiger charge is -2.28. The lowest BCUT2D eigenvalue weighted by atomic mass is 9.95. The van der Waals surface area contributed by atoms with Gasteiger partial charge >= 0.3 is 0 Å². The number of thioether (sulfide) groups is 1. The van der Waals surface area contributed by atoms with E-state index in [4.69, 9.17) is 5.73 Å². The molecule has 3 N–H and O–H groups in total. The molecular formula is C15H20N4S. The van der Waals surface area contributed by atoms with Gasteiger partial charge in [0.05, 0.1) is 11.0 Å². The number of aromatic nitrogens is 2. The molecule has 106 valence electrons. The molecule has 1 aromatic heterocycles. The zero-order valence-electron chi connectivity index (χ0n) is 11.7. The molecule has 5 heteroatoms. The molecule has 0 atom stereocenters. The zero-order chi connectivity index (χ0) is 13.9. The number of para-hydroxylation sites is 2. The second-order valence-electron chi connectivity index (χ2n) is 5.30. The molecular weight excluding hydrogens is 268 g/mol. The topological polar surface area (TPSA) is 63.8 Å². The number of benzene rings is 1. The van der Waals surface area contributed by atoms with E-state index in [0.717, 1.165) is 22.1 Å². The summed E-state index contributed by atoms with van der Waals surface area (Å²) in [5.41, 5.74) is 7.76. The predicted octanol–water partition coefficient (Wildman–Crippen LogP) is 3.30. The molecule has 0 aliphatic heterocycles. The van der Waals surface area contributed by atoms with Gasteiger partial charge in [0.2, 0.25) is 0 Å². The van der Waals surface area contributed by atoms with E-state index in [9.17, 15) is 0 Å². The van der Waals surface area contributed by atoms with Crippen molar-refractivity contribution < 1.29 is 0 Å². The molecule has 20 heavy (non-hydrogen) atoms. The quantitative estimate of drug-likeness (QED) is 0.907. The molecule has 0 spiro atoms. The van der Waals surface area contributed by atoms with E-state index in [1.807, 2.05) is 36.0 Å². The zero-order valence-corrected chi connectivity index (χ0v) is 12.5. The monoisotopic (exact) mass is 288 g/mol. The minimum Gasteiger partial charge on any atom is -0.381 e. The van der Waals surface area contributed by atoms with Crippen LogP contribution < -0.4 is 11.1 Å². The number of anilines is 2. The first-order valence-electron chi connectivity index (χ1n) is 7.08. The van der Waals surface area contributed by atoms with Crippen LogP contribution in [0.3, 0.4) is 0 Å². The Morgan fingerprint density at radius 2 is 1.75 bits per heavy atom. The van der Waals surface area contributed by atoms with Crippen LogP contribution in [0.5, 0.6) is 0 Å². The lowest BCUT2D eigenvalue weighted by molar-refractivity contribution is 0.472. The van der Waals surface area contributed by atoms with Crippen molar-refractivity contribution in [2.24, 2.45) is 0 Å². The van der Waals surface area contributed by atoms with Crippen molar-refractivity contribution in [2.75, 3.05) is 17.3 Å². The molecule has 0 bridgehead atoms. The number of rotatable bonds is 3. The molecule has 1 aliphatic rings. The first-order valence-corrected chi connectivity index (χ1v) is 8.36. The maximum atomic E-state index is 6.02. The van der Waals surface area contributed by atoms with E-state index in [1.165, 1.54) is 25.7 Å². The van der Waals surface area contributed by atoms with Gasteiger partial charge < -0.3 is 11.1 Å². The number of hydrogen-bond acceptors (Lipinski definition) is 5. The molecule has 1 aromatic carbocycles. The standard InChI is InChI=1S/C15H20N4S/c1-20-11-8-6-10(7-9-11)17-15-14(16)18-12-4-2-3-5-13(12)19-15/h2-5,10-11H,6-9H2,1H3,(H2,16,18)(H,17,19). The number of nitrogens with zero attached hydrogens (tertiary/aromatic N) is 2. The van der Waals surface area contributed by atoms with Gasteiger partial charge in [-0.15, -0.1) is 0 Å². The van der Waals surface area contributed by atoms with Crippen LogP contribution in [0.25, 0.3) is 11.0 Å². The van der Waals surface area contributed by atoms with Crippen molar-refractivity contribution >= 4 is 34.4 Å². The van der Waals surface area contributed by atoms with Gasteiger partial charge in [-0.25, -0.2) is 9.97 Å². The minimum atomic E-state index is 0.469. The van der Waals surface area contributed by atoms with E-state index in [-0.39, 0.29) is 0 Å². The smallest absolute Gasteiger partial charge is 0.169 e. The molecule has 0 radical (unpaired) electrons. The largest absolute Gasteiger partial charge is 0.381 e. The summed E-state index contributed by atoms with van der Waals surface area (Å²) in [6.45, 7) is 0. The highest BCUT2D eigenvalue weighted by Gasteiger charge is 2.21. The summed E-state index contributed by atoms with van der Waals surface area (Å²) >= 11 is 1.98. The van der Waals surface area contributed by atoms with Crippen molar-refractivity contribution in [3.05, 3.63) is 24.3 Å². The average Bonchev–Trinajstić information content (AvgIpc) is 2.49. The summed E-state index contributed by atoms with van der Waals surface area (Å²) in [7, 11) is 0. The van der Waals surface area contributed by atoms with E-state index < -0.39 is 0 Å². The molecule has 2 aromatic rings. The molecule has 4 nitrogen and oxygen atoms in total. The highest BCUT2D eigenvalue weighted by molar-refractivity contribution is 7.99. The third kappa shape index (κ3) is 2.82. The van der Waals surface area contributed by atoms with Crippen LogP contribution in [-0.2, 0) is 0 Å². The fraction of sp³-hybridized carbons (Fsp3) is 0.467. The van der Waals surface area contributed by atoms with Crippen LogP contribution in [0, 0.1) is 0 Å². The van der Waals surface area contributed by atoms with E-state index >= 15 is 0 Å². The van der Waals surface area contributed by atoms with Crippen molar-refractivity contribution in [1.29, 1.82) is 0 Å². The normalized spacial score (nSPS) is 22.9. The Bertz CT molecular complexity index is 593. The summed E-state index contributed by atoms with van der Waals surface area (Å²) in [5.74, 6) is 1.23. The Hall–Kier alpha value is -1.49. The highest BCUT2D eigenvalue weighted by atomic mass is 32.2. The molecule has 0 unspecified atom stereocenters. The van der Waals surface area contributed by atoms with Crippen molar-refractivity contribution in [1.82, 2.24) is 9.97 Å². The molecule has 0 saturated heterocycles. The summed E-state index contributed by atoms with van der Waals surface area (Å²) in [6.07, 6.45) is 7.09. The van der Waals surface area contributed by atoms with Crippen LogP contribution >= 0.6 is 11.8 Å². The maximum absolute atomic E-state index is 6.02. The number of nitrogens with one attached hydrogen (secondary N) is 1. The predicted molar refractivity (Wildman–Crippen MR) is 87.1 cm³/mol. The minimum absolute atomic E-state index is 0.469. The van der Waals surface area contributed by atoms with E-state index in [1.54, 1.807) is 0 Å². The van der Waals surface area contributed by atoms with Crippen LogP contribution in [0.2, 0.25) is 0 Å². The SMILES string of the molecule is CSC1CCC(Nc2nc3ccccc3nc2N)CC1. The Kier molecular flexibility index (Phi) is 3.96. The summed E-state index contributed by atoms with van der Waals surface area (Å²) in [4.78, 5) is 9.03. The van der Waals surface area contributed by atoms with Crippen molar-refractivity contribution in [3.63, 3.8) is 0 Å². The first-order chi connectivity index (χ1) is 9.76. The van der Waals surface area contributed by atoms with Gasteiger partial charge in [0, 0.05) is 11.3 Å². The second-order valence-corrected chi connectivity index (χ2v) is 6.44. The Morgan fingerprint density at radius 3 is 2.40 bits per heavy atom. The van der Waals surface area contributed by atoms with Gasteiger partial charge in [0.1, 0.15) is 0 Å². The van der Waals surface area contributed by atoms with Crippen molar-refractivity contribution in [2.45, 2.75) is 37.0 Å². The number of fused-ring (bicyclic) bond motifs is 1. The summed E-state index contributed by atoms with van der Waals surface area (Å²) in [6, 6.07) is 8.30. The molecule has 1 fully saturated rings. The van der Waals surface area contributed by atoms with Crippen molar-refractivity contribution in [3.8, 4) is 0 Å². The maximum Gasteiger partial charge on any atom is 0.169 e. The summed E-state index contributed by atoms with van der Waals surface area (Å²) in [5, 5.41) is 4.29.